The Hall–Kier alpha value is -2.29. The predicted octanol–water partition coefficient (Wildman–Crippen LogP) is 2.87. The van der Waals surface area contributed by atoms with Gasteiger partial charge in [-0.05, 0) is 59.3 Å². The molecule has 0 spiro atoms. The molecule has 7 heteroatoms. The Labute approximate surface area is 146 Å². The van der Waals surface area contributed by atoms with Crippen molar-refractivity contribution in [3.8, 4) is 17.2 Å². The zero-order valence-corrected chi connectivity index (χ0v) is 14.4. The highest BCUT2D eigenvalue weighted by molar-refractivity contribution is 14.1. The monoisotopic (exact) mass is 426 g/mol. The number of aromatic hydroxyl groups is 2. The van der Waals surface area contributed by atoms with Crippen molar-refractivity contribution < 1.29 is 19.7 Å². The molecule has 23 heavy (non-hydrogen) atoms. The first-order chi connectivity index (χ1) is 11.0. The molecule has 3 N–H and O–H groups in total. The number of ether oxygens (including phenoxy) is 1. The lowest BCUT2D eigenvalue weighted by Crippen LogP contribution is -2.17. The molecule has 0 heterocycles. The lowest BCUT2D eigenvalue weighted by molar-refractivity contribution is 0.0952. The summed E-state index contributed by atoms with van der Waals surface area (Å²) in [6, 6.07) is 9.52. The smallest absolute Gasteiger partial charge is 0.275 e. The summed E-state index contributed by atoms with van der Waals surface area (Å²) in [6.45, 7) is 2.24. The highest BCUT2D eigenvalue weighted by atomic mass is 127. The lowest BCUT2D eigenvalue weighted by atomic mass is 10.2. The zero-order chi connectivity index (χ0) is 16.8. The minimum Gasteiger partial charge on any atom is -0.507 e. The van der Waals surface area contributed by atoms with Crippen LogP contribution in [0.2, 0.25) is 0 Å². The maximum absolute atomic E-state index is 11.9. The van der Waals surface area contributed by atoms with E-state index >= 15 is 0 Å². The van der Waals surface area contributed by atoms with Crippen LogP contribution < -0.4 is 10.2 Å². The van der Waals surface area contributed by atoms with E-state index in [2.05, 4.69) is 10.5 Å². The number of phenols is 2. The van der Waals surface area contributed by atoms with E-state index in [4.69, 9.17) is 4.74 Å². The van der Waals surface area contributed by atoms with Crippen LogP contribution in [0.1, 0.15) is 22.8 Å². The number of amides is 1. The van der Waals surface area contributed by atoms with Gasteiger partial charge >= 0.3 is 0 Å². The molecule has 2 rings (SSSR count). The molecule has 0 aliphatic carbocycles. The van der Waals surface area contributed by atoms with Gasteiger partial charge in [-0.3, -0.25) is 4.79 Å². The average molecular weight is 426 g/mol. The maximum Gasteiger partial charge on any atom is 0.275 e. The van der Waals surface area contributed by atoms with Gasteiger partial charge in [0.15, 0.2) is 11.5 Å². The number of nitrogens with zero attached hydrogens (tertiary/aromatic N) is 1. The summed E-state index contributed by atoms with van der Waals surface area (Å²) >= 11 is 1.98. The van der Waals surface area contributed by atoms with Gasteiger partial charge in [0, 0.05) is 0 Å². The van der Waals surface area contributed by atoms with Gasteiger partial charge in [-0.15, -0.1) is 0 Å². The zero-order valence-electron chi connectivity index (χ0n) is 12.3. The second kappa shape index (κ2) is 7.82. The quantitative estimate of drug-likeness (QED) is 0.390. The van der Waals surface area contributed by atoms with Crippen molar-refractivity contribution in [3.05, 3.63) is 51.1 Å². The van der Waals surface area contributed by atoms with Crippen LogP contribution in [-0.2, 0) is 0 Å². The van der Waals surface area contributed by atoms with Crippen molar-refractivity contribution in [1.82, 2.24) is 5.43 Å². The van der Waals surface area contributed by atoms with Crippen molar-refractivity contribution in [3.63, 3.8) is 0 Å². The summed E-state index contributed by atoms with van der Waals surface area (Å²) in [7, 11) is 0. The number of rotatable bonds is 5. The van der Waals surface area contributed by atoms with E-state index in [9.17, 15) is 15.0 Å². The molecule has 6 nitrogen and oxygen atoms in total. The molecule has 0 saturated heterocycles. The van der Waals surface area contributed by atoms with Gasteiger partial charge in [-0.1, -0.05) is 12.1 Å². The highest BCUT2D eigenvalue weighted by Crippen LogP contribution is 2.32. The van der Waals surface area contributed by atoms with Gasteiger partial charge in [0.1, 0.15) is 5.75 Å². The van der Waals surface area contributed by atoms with Crippen molar-refractivity contribution in [2.75, 3.05) is 6.61 Å². The van der Waals surface area contributed by atoms with Gasteiger partial charge in [0.2, 0.25) is 0 Å². The minimum atomic E-state index is -0.516. The van der Waals surface area contributed by atoms with Crippen molar-refractivity contribution in [1.29, 1.82) is 0 Å². The van der Waals surface area contributed by atoms with Gasteiger partial charge in [0.25, 0.3) is 5.91 Å². The van der Waals surface area contributed by atoms with Crippen LogP contribution in [0.25, 0.3) is 0 Å². The number of nitrogens with one attached hydrogen (secondary N) is 1. The number of hydrazone groups is 1. The van der Waals surface area contributed by atoms with Gasteiger partial charge in [0.05, 0.1) is 22.0 Å². The molecule has 1 amide bonds. The Morgan fingerprint density at radius 1 is 1.35 bits per heavy atom. The normalized spacial score (nSPS) is 10.7. The van der Waals surface area contributed by atoms with Crippen LogP contribution in [0.3, 0.4) is 0 Å². The standard InChI is InChI=1S/C16H15IN2O4/c1-2-23-14-8-10(7-12(17)15(14)21)9-18-19-16(22)11-5-3-4-6-13(11)20/h3-9,20-21H,2H2,1H3,(H,19,22)/b18-9-. The topological polar surface area (TPSA) is 91.2 Å². The second-order valence-corrected chi connectivity index (χ2v) is 5.66. The number of halogens is 1. The third kappa shape index (κ3) is 4.35. The number of carbonyl (C=O) groups is 1. The fourth-order valence-electron chi connectivity index (χ4n) is 1.83. The Morgan fingerprint density at radius 2 is 2.09 bits per heavy atom. The van der Waals surface area contributed by atoms with Gasteiger partial charge in [-0.25, -0.2) is 5.43 Å². The predicted molar refractivity (Wildman–Crippen MR) is 95.2 cm³/mol. The molecule has 0 aromatic heterocycles. The van der Waals surface area contributed by atoms with Crippen molar-refractivity contribution in [2.24, 2.45) is 5.10 Å². The summed E-state index contributed by atoms with van der Waals surface area (Å²) < 4.78 is 5.95. The van der Waals surface area contributed by atoms with Crippen LogP contribution in [0.15, 0.2) is 41.5 Å². The summed E-state index contributed by atoms with van der Waals surface area (Å²) in [6.07, 6.45) is 1.43. The van der Waals surface area contributed by atoms with E-state index in [0.29, 0.717) is 21.5 Å². The Bertz CT molecular complexity index is 747. The van der Waals surface area contributed by atoms with Crippen LogP contribution in [0.5, 0.6) is 17.2 Å². The van der Waals surface area contributed by atoms with Crippen LogP contribution in [0.4, 0.5) is 0 Å². The molecular weight excluding hydrogens is 411 g/mol. The molecule has 0 radical (unpaired) electrons. The molecule has 0 unspecified atom stereocenters. The molecule has 0 aliphatic heterocycles. The second-order valence-electron chi connectivity index (χ2n) is 4.50. The van der Waals surface area contributed by atoms with E-state index < -0.39 is 5.91 Å². The average Bonchev–Trinajstić information content (AvgIpc) is 2.52. The number of hydrogen-bond acceptors (Lipinski definition) is 5. The summed E-state index contributed by atoms with van der Waals surface area (Å²) in [5, 5.41) is 23.3. The molecule has 0 aliphatic rings. The SMILES string of the molecule is CCOc1cc(/C=N\NC(=O)c2ccccc2O)cc(I)c1O. The van der Waals surface area contributed by atoms with E-state index in [1.807, 2.05) is 29.5 Å². The largest absolute Gasteiger partial charge is 0.507 e. The molecule has 0 fully saturated rings. The highest BCUT2D eigenvalue weighted by Gasteiger charge is 2.10. The summed E-state index contributed by atoms with van der Waals surface area (Å²) in [5.74, 6) is -0.202. The van der Waals surface area contributed by atoms with Crippen LogP contribution in [-0.4, -0.2) is 28.9 Å². The third-order valence-corrected chi connectivity index (χ3v) is 3.70. The molecule has 120 valence electrons. The van der Waals surface area contributed by atoms with E-state index in [-0.39, 0.29) is 17.1 Å². The first-order valence-electron chi connectivity index (χ1n) is 6.79. The number of benzene rings is 2. The molecule has 0 bridgehead atoms. The van der Waals surface area contributed by atoms with E-state index in [1.165, 1.54) is 18.3 Å². The van der Waals surface area contributed by atoms with Crippen LogP contribution in [0, 0.1) is 3.57 Å². The van der Waals surface area contributed by atoms with Crippen molar-refractivity contribution in [2.45, 2.75) is 6.92 Å². The maximum atomic E-state index is 11.9. The van der Waals surface area contributed by atoms with E-state index in [1.54, 1.807) is 24.3 Å². The van der Waals surface area contributed by atoms with Gasteiger partial charge in [-0.2, -0.15) is 5.10 Å². The van der Waals surface area contributed by atoms with Crippen LogP contribution >= 0.6 is 22.6 Å². The number of para-hydroxylation sites is 1. The summed E-state index contributed by atoms with van der Waals surface area (Å²) in [5.41, 5.74) is 3.14. The number of hydrogen-bond donors (Lipinski definition) is 3. The van der Waals surface area contributed by atoms with Crippen molar-refractivity contribution >= 4 is 34.7 Å². The van der Waals surface area contributed by atoms with E-state index in [0.717, 1.165) is 0 Å². The molecular formula is C16H15IN2O4. The fourth-order valence-corrected chi connectivity index (χ4v) is 2.45. The minimum absolute atomic E-state index is 0.0721. The lowest BCUT2D eigenvalue weighted by Gasteiger charge is -2.08. The summed E-state index contributed by atoms with van der Waals surface area (Å²) in [4.78, 5) is 11.9. The molecule has 0 atom stereocenters. The number of carbonyl (C=O) groups excluding carboxylic acids is 1. The Kier molecular flexibility index (Phi) is 5.80. The first-order valence-corrected chi connectivity index (χ1v) is 7.87. The van der Waals surface area contributed by atoms with Gasteiger partial charge < -0.3 is 14.9 Å². The number of phenolic OH excluding ortho intramolecular Hbond substituents is 2. The molecule has 2 aromatic carbocycles. The third-order valence-electron chi connectivity index (χ3n) is 2.88. The fraction of sp³-hybridized carbons (Fsp3) is 0.125. The molecule has 0 saturated carbocycles. The Morgan fingerprint density at radius 3 is 2.78 bits per heavy atom. The first kappa shape index (κ1) is 17.1. The molecule has 2 aromatic rings. The Balaban J connectivity index is 2.12.